The highest BCUT2D eigenvalue weighted by Gasteiger charge is 2.06. The summed E-state index contributed by atoms with van der Waals surface area (Å²) in [6.07, 6.45) is 5.55. The highest BCUT2D eigenvalue weighted by atomic mass is 16.6. The minimum atomic E-state index is 0.282. The van der Waals surface area contributed by atoms with E-state index in [1.54, 1.807) is 6.21 Å². The number of hydrogen-bond donors (Lipinski definition) is 0. The van der Waals surface area contributed by atoms with Gasteiger partial charge in [0.2, 0.25) is 0 Å². The van der Waals surface area contributed by atoms with Crippen molar-refractivity contribution in [1.29, 1.82) is 0 Å². The van der Waals surface area contributed by atoms with Gasteiger partial charge in [-0.15, -0.1) is 0 Å². The molecule has 2 aromatic carbocycles. The zero-order chi connectivity index (χ0) is 20.9. The molecule has 152 valence electrons. The maximum atomic E-state index is 5.83. The van der Waals surface area contributed by atoms with Crippen LogP contribution in [0.15, 0.2) is 53.7 Å². The molecule has 0 heterocycles. The van der Waals surface area contributed by atoms with Crippen molar-refractivity contribution in [2.45, 2.75) is 20.8 Å². The molecule has 0 aliphatic carbocycles. The molecule has 0 saturated carbocycles. The summed E-state index contributed by atoms with van der Waals surface area (Å²) >= 11 is 0. The van der Waals surface area contributed by atoms with Crippen molar-refractivity contribution in [2.24, 2.45) is 5.16 Å². The van der Waals surface area contributed by atoms with Crippen molar-refractivity contribution in [3.63, 3.8) is 0 Å². The lowest BCUT2D eigenvalue weighted by Crippen LogP contribution is -2.01. The topological polar surface area (TPSA) is 49.3 Å². The second-order valence-electron chi connectivity index (χ2n) is 6.19. The predicted molar refractivity (Wildman–Crippen MR) is 116 cm³/mol. The van der Waals surface area contributed by atoms with Gasteiger partial charge < -0.3 is 19.0 Å². The third kappa shape index (κ3) is 7.63. The quantitative estimate of drug-likeness (QED) is 0.268. The van der Waals surface area contributed by atoms with Gasteiger partial charge in [-0.05, 0) is 61.7 Å². The Balaban J connectivity index is 1.83. The molecule has 0 radical (unpaired) electrons. The summed E-state index contributed by atoms with van der Waals surface area (Å²) in [5.74, 6) is 8.34. The van der Waals surface area contributed by atoms with Crippen molar-refractivity contribution in [3.8, 4) is 29.1 Å². The van der Waals surface area contributed by atoms with Crippen molar-refractivity contribution < 1.29 is 19.0 Å². The zero-order valence-corrected chi connectivity index (χ0v) is 17.4. The molecule has 0 aliphatic rings. The summed E-state index contributed by atoms with van der Waals surface area (Å²) in [4.78, 5) is 4.68. The lowest BCUT2D eigenvalue weighted by atomic mass is 10.1. The summed E-state index contributed by atoms with van der Waals surface area (Å²) in [6, 6.07) is 11.5. The summed E-state index contributed by atoms with van der Waals surface area (Å²) in [5, 5.41) is 3.73. The van der Waals surface area contributed by atoms with Gasteiger partial charge in [0.05, 0.1) is 6.21 Å². The second kappa shape index (κ2) is 12.1. The van der Waals surface area contributed by atoms with E-state index in [-0.39, 0.29) is 6.61 Å². The summed E-state index contributed by atoms with van der Waals surface area (Å²) in [5.41, 5.74) is 2.94. The lowest BCUT2D eigenvalue weighted by Gasteiger charge is -2.12. The molecular weight excluding hydrogens is 366 g/mol. The summed E-state index contributed by atoms with van der Waals surface area (Å²) in [6.45, 7) is 7.11. The number of oxime groups is 1. The standard InChI is InChI=1S/C24H27NO4/c1-5-6-12-28-23-15-19(2)24(20(3)16-23)29-14-8-7-13-27-22-11-9-10-21(17-22)18-25-26-4/h5-6,9-11,15-18H,12-14H2,1-4H3/b6-5+,25-18-. The maximum absolute atomic E-state index is 5.83. The van der Waals surface area contributed by atoms with Crippen molar-refractivity contribution in [3.05, 3.63) is 65.2 Å². The second-order valence-corrected chi connectivity index (χ2v) is 6.19. The number of ether oxygens (including phenoxy) is 3. The van der Waals surface area contributed by atoms with E-state index in [4.69, 9.17) is 14.2 Å². The molecule has 0 N–H and O–H groups in total. The monoisotopic (exact) mass is 393 g/mol. The van der Waals surface area contributed by atoms with Crippen LogP contribution in [-0.2, 0) is 4.84 Å². The van der Waals surface area contributed by atoms with E-state index in [2.05, 4.69) is 21.8 Å². The predicted octanol–water partition coefficient (Wildman–Crippen LogP) is 4.70. The molecule has 5 heteroatoms. The first-order valence-corrected chi connectivity index (χ1v) is 9.37. The molecule has 0 atom stereocenters. The van der Waals surface area contributed by atoms with Crippen molar-refractivity contribution in [1.82, 2.24) is 0 Å². The van der Waals surface area contributed by atoms with Crippen LogP contribution in [0.5, 0.6) is 17.2 Å². The molecule has 5 nitrogen and oxygen atoms in total. The third-order valence-corrected chi connectivity index (χ3v) is 3.91. The Kier molecular flexibility index (Phi) is 9.17. The van der Waals surface area contributed by atoms with Crippen LogP contribution >= 0.6 is 0 Å². The van der Waals surface area contributed by atoms with Gasteiger partial charge in [-0.25, -0.2) is 0 Å². The Bertz CT molecular complexity index is 884. The fraction of sp³-hybridized carbons (Fsp3) is 0.292. The fourth-order valence-electron chi connectivity index (χ4n) is 2.59. The van der Waals surface area contributed by atoms with Crippen LogP contribution in [0.3, 0.4) is 0 Å². The maximum Gasteiger partial charge on any atom is 0.149 e. The average molecular weight is 393 g/mol. The van der Waals surface area contributed by atoms with Crippen LogP contribution in [0.25, 0.3) is 0 Å². The first-order valence-electron chi connectivity index (χ1n) is 9.37. The van der Waals surface area contributed by atoms with Crippen LogP contribution in [0.1, 0.15) is 23.6 Å². The minimum Gasteiger partial charge on any atom is -0.490 e. The third-order valence-electron chi connectivity index (χ3n) is 3.91. The van der Waals surface area contributed by atoms with Crippen LogP contribution in [-0.4, -0.2) is 33.1 Å². The molecule has 0 aliphatic heterocycles. The fourth-order valence-corrected chi connectivity index (χ4v) is 2.59. The van der Waals surface area contributed by atoms with Gasteiger partial charge in [0.15, 0.2) is 0 Å². The van der Waals surface area contributed by atoms with Crippen LogP contribution in [0.4, 0.5) is 0 Å². The van der Waals surface area contributed by atoms with Crippen LogP contribution < -0.4 is 14.2 Å². The van der Waals surface area contributed by atoms with E-state index < -0.39 is 0 Å². The van der Waals surface area contributed by atoms with Gasteiger partial charge in [0, 0.05) is 0 Å². The Morgan fingerprint density at radius 3 is 2.34 bits per heavy atom. The number of aryl methyl sites for hydroxylation is 2. The van der Waals surface area contributed by atoms with E-state index >= 15 is 0 Å². The van der Waals surface area contributed by atoms with E-state index in [1.807, 2.05) is 69.3 Å². The largest absolute Gasteiger partial charge is 0.490 e. The Morgan fingerprint density at radius 1 is 0.931 bits per heavy atom. The number of hydrogen-bond acceptors (Lipinski definition) is 5. The number of allylic oxidation sites excluding steroid dienone is 1. The molecule has 0 fully saturated rings. The van der Waals surface area contributed by atoms with E-state index in [0.29, 0.717) is 13.2 Å². The van der Waals surface area contributed by atoms with Gasteiger partial charge in [-0.3, -0.25) is 0 Å². The summed E-state index contributed by atoms with van der Waals surface area (Å²) < 4.78 is 17.2. The Morgan fingerprint density at radius 2 is 1.66 bits per heavy atom. The van der Waals surface area contributed by atoms with E-state index in [1.165, 1.54) is 7.11 Å². The smallest absolute Gasteiger partial charge is 0.149 e. The molecule has 2 rings (SSSR count). The molecule has 0 bridgehead atoms. The normalized spacial score (nSPS) is 10.6. The molecule has 0 unspecified atom stereocenters. The molecule has 2 aromatic rings. The number of nitrogens with zero attached hydrogens (tertiary/aromatic N) is 1. The Hall–Kier alpha value is -3.39. The molecule has 0 aromatic heterocycles. The zero-order valence-electron chi connectivity index (χ0n) is 17.4. The van der Waals surface area contributed by atoms with Gasteiger partial charge in [0.25, 0.3) is 0 Å². The molecule has 0 saturated heterocycles. The highest BCUT2D eigenvalue weighted by molar-refractivity contribution is 5.79. The highest BCUT2D eigenvalue weighted by Crippen LogP contribution is 2.28. The molecular formula is C24H27NO4. The molecule has 29 heavy (non-hydrogen) atoms. The first kappa shape index (κ1) is 21.9. The van der Waals surface area contributed by atoms with Crippen LogP contribution in [0, 0.1) is 25.7 Å². The van der Waals surface area contributed by atoms with E-state index in [9.17, 15) is 0 Å². The van der Waals surface area contributed by atoms with Gasteiger partial charge in [-0.2, -0.15) is 0 Å². The number of rotatable bonds is 9. The van der Waals surface area contributed by atoms with Crippen LogP contribution in [0.2, 0.25) is 0 Å². The Labute approximate surface area is 172 Å². The van der Waals surface area contributed by atoms with Gasteiger partial charge in [-0.1, -0.05) is 41.3 Å². The number of benzene rings is 2. The van der Waals surface area contributed by atoms with Gasteiger partial charge >= 0.3 is 0 Å². The molecule has 0 amide bonds. The first-order chi connectivity index (χ1) is 14.1. The van der Waals surface area contributed by atoms with Gasteiger partial charge in [0.1, 0.15) is 44.2 Å². The van der Waals surface area contributed by atoms with Crippen molar-refractivity contribution in [2.75, 3.05) is 26.9 Å². The van der Waals surface area contributed by atoms with Crippen molar-refractivity contribution >= 4 is 6.21 Å². The lowest BCUT2D eigenvalue weighted by molar-refractivity contribution is 0.215. The molecule has 0 spiro atoms. The summed E-state index contributed by atoms with van der Waals surface area (Å²) in [7, 11) is 1.50. The minimum absolute atomic E-state index is 0.282. The average Bonchev–Trinajstić information content (AvgIpc) is 2.71. The van der Waals surface area contributed by atoms with E-state index in [0.717, 1.165) is 33.9 Å². The SMILES string of the molecule is C/C=C/COc1cc(C)c(OCC#CCOc2cccc(/C=N\OC)c2)c(C)c1.